The molecular weight excluding hydrogens is 365 g/mol. The van der Waals surface area contributed by atoms with E-state index >= 15 is 0 Å². The zero-order valence-electron chi connectivity index (χ0n) is 18.4. The summed E-state index contributed by atoms with van der Waals surface area (Å²) < 4.78 is 13.9. The molecule has 1 aliphatic carbocycles. The Balaban J connectivity index is 2.28. The molecule has 0 aliphatic heterocycles. The highest BCUT2D eigenvalue weighted by Gasteiger charge is 2.41. The van der Waals surface area contributed by atoms with Crippen molar-refractivity contribution in [2.24, 2.45) is 5.16 Å². The molecular formula is C24H36FNOSi. The Morgan fingerprint density at radius 1 is 1.00 bits per heavy atom. The third-order valence-electron chi connectivity index (χ3n) is 6.20. The highest BCUT2D eigenvalue weighted by atomic mass is 28.3. The third kappa shape index (κ3) is 5.47. The van der Waals surface area contributed by atoms with E-state index in [-0.39, 0.29) is 5.82 Å². The lowest BCUT2D eigenvalue weighted by atomic mass is 9.99. The van der Waals surface area contributed by atoms with Crippen LogP contribution in [0, 0.1) is 17.3 Å². The first-order chi connectivity index (χ1) is 13.3. The average molecular weight is 402 g/mol. The summed E-state index contributed by atoms with van der Waals surface area (Å²) in [6, 6.07) is 4.80. The average Bonchev–Trinajstić information content (AvgIpc) is 2.64. The van der Waals surface area contributed by atoms with Crippen molar-refractivity contribution in [3.63, 3.8) is 0 Å². The molecule has 1 aromatic carbocycles. The molecule has 2 rings (SSSR count). The van der Waals surface area contributed by atoms with Crippen LogP contribution in [0.5, 0.6) is 0 Å². The normalized spacial score (nSPS) is 15.0. The second kappa shape index (κ2) is 10.3. The molecule has 0 atom stereocenters. The van der Waals surface area contributed by atoms with Gasteiger partial charge in [0, 0.05) is 11.1 Å². The minimum atomic E-state index is -1.86. The summed E-state index contributed by atoms with van der Waals surface area (Å²) in [6.07, 6.45) is 5.73. The molecule has 1 saturated carbocycles. The summed E-state index contributed by atoms with van der Waals surface area (Å²) in [5.74, 6) is 3.12. The van der Waals surface area contributed by atoms with Gasteiger partial charge in [-0.05, 0) is 54.4 Å². The maximum absolute atomic E-state index is 13.9. The Kier molecular flexibility index (Phi) is 8.31. The van der Waals surface area contributed by atoms with Crippen LogP contribution in [0.4, 0.5) is 4.39 Å². The van der Waals surface area contributed by atoms with Crippen molar-refractivity contribution < 1.29 is 9.23 Å². The van der Waals surface area contributed by atoms with Crippen molar-refractivity contribution >= 4 is 13.8 Å². The molecule has 2 nitrogen and oxygen atoms in total. The second-order valence-electron chi connectivity index (χ2n) is 8.94. The summed E-state index contributed by atoms with van der Waals surface area (Å²) in [5.41, 5.74) is 8.12. The van der Waals surface area contributed by atoms with Crippen LogP contribution >= 0.6 is 0 Å². The van der Waals surface area contributed by atoms with Gasteiger partial charge >= 0.3 is 0 Å². The molecule has 0 bridgehead atoms. The fourth-order valence-corrected chi connectivity index (χ4v) is 9.86. The van der Waals surface area contributed by atoms with E-state index < -0.39 is 8.07 Å². The minimum absolute atomic E-state index is 0.252. The number of halogens is 1. The summed E-state index contributed by atoms with van der Waals surface area (Å²) in [5, 5.41) is 4.32. The van der Waals surface area contributed by atoms with E-state index in [0.29, 0.717) is 23.2 Å². The summed E-state index contributed by atoms with van der Waals surface area (Å²) in [7, 11) is -1.86. The zero-order chi connectivity index (χ0) is 20.7. The second-order valence-corrected chi connectivity index (χ2v) is 14.5. The van der Waals surface area contributed by atoms with E-state index in [2.05, 4.69) is 58.2 Å². The quantitative estimate of drug-likeness (QED) is 0.280. The van der Waals surface area contributed by atoms with Gasteiger partial charge in [0.25, 0.3) is 0 Å². The van der Waals surface area contributed by atoms with E-state index in [1.54, 1.807) is 12.1 Å². The summed E-state index contributed by atoms with van der Waals surface area (Å²) in [6.45, 7) is 14.1. The number of hydrogen-bond donors (Lipinski definition) is 0. The maximum atomic E-state index is 13.9. The number of nitrogens with zero attached hydrogens (tertiary/aromatic N) is 1. The van der Waals surface area contributed by atoms with Crippen LogP contribution in [0.1, 0.15) is 84.8 Å². The molecule has 28 heavy (non-hydrogen) atoms. The van der Waals surface area contributed by atoms with Gasteiger partial charge < -0.3 is 4.84 Å². The Hall–Kier alpha value is -1.60. The molecule has 1 aliphatic rings. The van der Waals surface area contributed by atoms with Crippen LogP contribution in [0.3, 0.4) is 0 Å². The fraction of sp³-hybridized carbons (Fsp3) is 0.625. The fourth-order valence-electron chi connectivity index (χ4n) is 4.64. The molecule has 0 saturated heterocycles. The van der Waals surface area contributed by atoms with Gasteiger partial charge in [-0.25, -0.2) is 4.39 Å². The van der Waals surface area contributed by atoms with Crippen molar-refractivity contribution in [3.05, 3.63) is 35.1 Å². The van der Waals surface area contributed by atoms with Gasteiger partial charge in [-0.1, -0.05) is 65.1 Å². The van der Waals surface area contributed by atoms with E-state index in [0.717, 1.165) is 29.7 Å². The van der Waals surface area contributed by atoms with Crippen LogP contribution in [-0.4, -0.2) is 13.8 Å². The summed E-state index contributed by atoms with van der Waals surface area (Å²) >= 11 is 0. The number of oxime groups is 1. The molecule has 0 spiro atoms. The number of rotatable bonds is 6. The van der Waals surface area contributed by atoms with Crippen molar-refractivity contribution in [2.75, 3.05) is 0 Å². The van der Waals surface area contributed by atoms with E-state index in [9.17, 15) is 4.39 Å². The third-order valence-corrected chi connectivity index (χ3v) is 12.5. The van der Waals surface area contributed by atoms with E-state index in [4.69, 9.17) is 4.84 Å². The maximum Gasteiger partial charge on any atom is 0.146 e. The predicted octanol–water partition coefficient (Wildman–Crippen LogP) is 7.23. The van der Waals surface area contributed by atoms with Crippen LogP contribution in [-0.2, 0) is 11.4 Å². The smallest absolute Gasteiger partial charge is 0.146 e. The Morgan fingerprint density at radius 3 is 2.18 bits per heavy atom. The molecule has 0 N–H and O–H groups in total. The lowest BCUT2D eigenvalue weighted by Gasteiger charge is -2.38. The van der Waals surface area contributed by atoms with Gasteiger partial charge in [0.1, 0.15) is 20.5 Å². The van der Waals surface area contributed by atoms with Crippen LogP contribution < -0.4 is 0 Å². The summed E-state index contributed by atoms with van der Waals surface area (Å²) in [4.78, 5) is 5.62. The van der Waals surface area contributed by atoms with Gasteiger partial charge in [-0.3, -0.25) is 0 Å². The Labute approximate surface area is 172 Å². The zero-order valence-corrected chi connectivity index (χ0v) is 19.4. The number of hydrogen-bond acceptors (Lipinski definition) is 2. The first kappa shape index (κ1) is 22.7. The SMILES string of the molecule is CC(C)[Si](C#Cc1cc(F)ccc1CON=C1CCCCC1)(C(C)C)C(C)C. The molecule has 154 valence electrons. The lowest BCUT2D eigenvalue weighted by molar-refractivity contribution is 0.128. The van der Waals surface area contributed by atoms with Crippen molar-refractivity contribution in [1.82, 2.24) is 0 Å². The molecule has 1 fully saturated rings. The molecule has 4 heteroatoms. The topological polar surface area (TPSA) is 21.6 Å². The number of benzene rings is 1. The Bertz CT molecular complexity index is 713. The first-order valence-corrected chi connectivity index (χ1v) is 13.0. The minimum Gasteiger partial charge on any atom is -0.391 e. The van der Waals surface area contributed by atoms with Crippen molar-refractivity contribution in [3.8, 4) is 11.5 Å². The van der Waals surface area contributed by atoms with Gasteiger partial charge in [0.2, 0.25) is 0 Å². The molecule has 0 heterocycles. The van der Waals surface area contributed by atoms with Crippen LogP contribution in [0.2, 0.25) is 16.6 Å². The van der Waals surface area contributed by atoms with Gasteiger partial charge in [-0.15, -0.1) is 5.54 Å². The van der Waals surface area contributed by atoms with E-state index in [1.165, 1.54) is 25.3 Å². The van der Waals surface area contributed by atoms with E-state index in [1.807, 2.05) is 0 Å². The Morgan fingerprint density at radius 2 is 1.61 bits per heavy atom. The molecule has 0 aromatic heterocycles. The molecule has 1 aromatic rings. The molecule has 0 radical (unpaired) electrons. The van der Waals surface area contributed by atoms with Crippen molar-refractivity contribution in [2.45, 2.75) is 96.9 Å². The largest absolute Gasteiger partial charge is 0.391 e. The lowest BCUT2D eigenvalue weighted by Crippen LogP contribution is -2.43. The van der Waals surface area contributed by atoms with Gasteiger partial charge in [-0.2, -0.15) is 0 Å². The molecule has 0 amide bonds. The van der Waals surface area contributed by atoms with Gasteiger partial charge in [0.05, 0.1) is 5.71 Å². The molecule has 0 unspecified atom stereocenters. The van der Waals surface area contributed by atoms with Crippen LogP contribution in [0.15, 0.2) is 23.4 Å². The predicted molar refractivity (Wildman–Crippen MR) is 120 cm³/mol. The monoisotopic (exact) mass is 401 g/mol. The van der Waals surface area contributed by atoms with Crippen LogP contribution in [0.25, 0.3) is 0 Å². The first-order valence-electron chi connectivity index (χ1n) is 10.8. The van der Waals surface area contributed by atoms with Gasteiger partial charge in [0.15, 0.2) is 0 Å². The highest BCUT2D eigenvalue weighted by molar-refractivity contribution is 6.90. The van der Waals surface area contributed by atoms with Crippen molar-refractivity contribution in [1.29, 1.82) is 0 Å². The standard InChI is InChI=1S/C24H36FNOSi/c1-18(2)28(19(3)4,20(5)6)15-14-21-16-23(25)13-12-22(21)17-27-26-24-10-8-7-9-11-24/h12-13,16,18-20H,7-11,17H2,1-6H3. The highest BCUT2D eigenvalue weighted by Crippen LogP contribution is 2.40.